The quantitative estimate of drug-likeness (QED) is 0.691. The molecule has 14 heavy (non-hydrogen) atoms. The van der Waals surface area contributed by atoms with Crippen molar-refractivity contribution < 1.29 is 22.6 Å². The molecule has 0 bridgehead atoms. The van der Waals surface area contributed by atoms with E-state index >= 15 is 0 Å². The molecule has 76 valence electrons. The van der Waals surface area contributed by atoms with E-state index in [1.54, 1.807) is 12.1 Å². The number of hydrogen-bond donors (Lipinski definition) is 0. The van der Waals surface area contributed by atoms with Crippen LogP contribution in [-0.4, -0.2) is 13.0 Å². The third-order valence-electron chi connectivity index (χ3n) is 1.82. The molecule has 1 aromatic rings. The van der Waals surface area contributed by atoms with Crippen LogP contribution in [-0.2, 0) is 4.74 Å². The van der Waals surface area contributed by atoms with Gasteiger partial charge in [0.25, 0.3) is 0 Å². The lowest BCUT2D eigenvalue weighted by molar-refractivity contribution is -0.274. The number of hydrogen-bond acceptors (Lipinski definition) is 2. The third kappa shape index (κ3) is 2.38. The second kappa shape index (κ2) is 3.16. The Morgan fingerprint density at radius 1 is 1.21 bits per heavy atom. The molecule has 1 fully saturated rings. The van der Waals surface area contributed by atoms with E-state index in [9.17, 15) is 13.2 Å². The monoisotopic (exact) mass is 204 g/mol. The first-order valence-electron chi connectivity index (χ1n) is 4.02. The van der Waals surface area contributed by atoms with Crippen molar-refractivity contribution >= 4 is 0 Å². The molecule has 0 N–H and O–H groups in total. The lowest BCUT2D eigenvalue weighted by Gasteiger charge is -2.08. The van der Waals surface area contributed by atoms with Crippen LogP contribution in [0.1, 0.15) is 11.7 Å². The van der Waals surface area contributed by atoms with Crippen LogP contribution >= 0.6 is 0 Å². The molecule has 0 radical (unpaired) electrons. The number of alkyl halides is 3. The Morgan fingerprint density at radius 2 is 1.79 bits per heavy atom. The van der Waals surface area contributed by atoms with E-state index in [1.165, 1.54) is 12.1 Å². The Kier molecular flexibility index (Phi) is 2.11. The van der Waals surface area contributed by atoms with Gasteiger partial charge in [0, 0.05) is 0 Å². The highest BCUT2D eigenvalue weighted by atomic mass is 19.4. The summed E-state index contributed by atoms with van der Waals surface area (Å²) in [6, 6.07) is 5.70. The van der Waals surface area contributed by atoms with Gasteiger partial charge >= 0.3 is 6.36 Å². The summed E-state index contributed by atoms with van der Waals surface area (Å²) in [5.41, 5.74) is 0.875. The molecule has 0 aliphatic carbocycles. The fourth-order valence-corrected chi connectivity index (χ4v) is 1.12. The molecule has 1 aliphatic rings. The minimum atomic E-state index is -4.63. The van der Waals surface area contributed by atoms with Crippen LogP contribution in [0.25, 0.3) is 0 Å². The largest absolute Gasteiger partial charge is 0.573 e. The maximum atomic E-state index is 11.8. The molecule has 0 amide bonds. The van der Waals surface area contributed by atoms with Gasteiger partial charge in [-0.2, -0.15) is 0 Å². The summed E-state index contributed by atoms with van der Waals surface area (Å²) < 4.78 is 44.0. The fraction of sp³-hybridized carbons (Fsp3) is 0.333. The summed E-state index contributed by atoms with van der Waals surface area (Å²) in [4.78, 5) is 0. The Bertz CT molecular complexity index is 314. The van der Waals surface area contributed by atoms with Gasteiger partial charge < -0.3 is 9.47 Å². The highest BCUT2D eigenvalue weighted by molar-refractivity contribution is 5.29. The van der Waals surface area contributed by atoms with Gasteiger partial charge in [-0.3, -0.25) is 0 Å². The molecule has 1 atom stereocenters. The van der Waals surface area contributed by atoms with Crippen LogP contribution in [0.2, 0.25) is 0 Å². The van der Waals surface area contributed by atoms with E-state index in [2.05, 4.69) is 4.74 Å². The van der Waals surface area contributed by atoms with Crippen LogP contribution in [0.3, 0.4) is 0 Å². The topological polar surface area (TPSA) is 21.8 Å². The zero-order chi connectivity index (χ0) is 10.2. The van der Waals surface area contributed by atoms with Crippen LogP contribution in [0, 0.1) is 0 Å². The number of benzene rings is 1. The molecule has 1 saturated heterocycles. The van der Waals surface area contributed by atoms with E-state index in [-0.39, 0.29) is 11.9 Å². The molecule has 1 heterocycles. The van der Waals surface area contributed by atoms with Crippen LogP contribution in [0.15, 0.2) is 24.3 Å². The van der Waals surface area contributed by atoms with E-state index in [0.29, 0.717) is 6.61 Å². The lowest BCUT2D eigenvalue weighted by atomic mass is 10.2. The Labute approximate surface area is 78.2 Å². The van der Waals surface area contributed by atoms with Crippen molar-refractivity contribution in [3.05, 3.63) is 29.8 Å². The molecular formula is C9H7F3O2. The van der Waals surface area contributed by atoms with Crippen LogP contribution in [0.5, 0.6) is 5.75 Å². The Morgan fingerprint density at radius 3 is 2.21 bits per heavy atom. The second-order valence-corrected chi connectivity index (χ2v) is 2.94. The molecule has 2 nitrogen and oxygen atoms in total. The maximum absolute atomic E-state index is 11.8. The number of rotatable bonds is 2. The van der Waals surface area contributed by atoms with Crippen molar-refractivity contribution in [1.29, 1.82) is 0 Å². The zero-order valence-corrected chi connectivity index (χ0v) is 7.04. The average Bonchev–Trinajstić information content (AvgIpc) is 2.85. The van der Waals surface area contributed by atoms with E-state index in [1.807, 2.05) is 0 Å². The minimum absolute atomic E-state index is 0.0509. The van der Waals surface area contributed by atoms with Crippen LogP contribution in [0.4, 0.5) is 13.2 Å². The van der Waals surface area contributed by atoms with Gasteiger partial charge in [0.15, 0.2) is 0 Å². The van der Waals surface area contributed by atoms with Crippen molar-refractivity contribution in [3.63, 3.8) is 0 Å². The molecule has 2 rings (SSSR count). The molecule has 1 aliphatic heterocycles. The van der Waals surface area contributed by atoms with E-state index < -0.39 is 6.36 Å². The fourth-order valence-electron chi connectivity index (χ4n) is 1.12. The highest BCUT2D eigenvalue weighted by Crippen LogP contribution is 2.31. The SMILES string of the molecule is FC(F)(F)Oc1ccc([C@@H]2CO2)cc1. The van der Waals surface area contributed by atoms with Crippen molar-refractivity contribution in [2.24, 2.45) is 0 Å². The molecule has 1 aromatic carbocycles. The van der Waals surface area contributed by atoms with Crippen molar-refractivity contribution in [3.8, 4) is 5.75 Å². The first kappa shape index (κ1) is 9.33. The van der Waals surface area contributed by atoms with Gasteiger partial charge in [-0.25, -0.2) is 0 Å². The summed E-state index contributed by atoms with van der Waals surface area (Å²) in [6.45, 7) is 0.638. The standard InChI is InChI=1S/C9H7F3O2/c10-9(11,12)14-7-3-1-6(2-4-7)8-5-13-8/h1-4,8H,5H2/t8-/m0/s1. The number of halogens is 3. The first-order chi connectivity index (χ1) is 6.54. The smallest absolute Gasteiger partial charge is 0.406 e. The van der Waals surface area contributed by atoms with Gasteiger partial charge in [0.2, 0.25) is 0 Å². The average molecular weight is 204 g/mol. The number of ether oxygens (including phenoxy) is 2. The minimum Gasteiger partial charge on any atom is -0.406 e. The Balaban J connectivity index is 2.06. The molecule has 0 aromatic heterocycles. The van der Waals surface area contributed by atoms with E-state index in [0.717, 1.165) is 5.56 Å². The first-order valence-corrected chi connectivity index (χ1v) is 4.02. The summed E-state index contributed by atoms with van der Waals surface area (Å²) in [5.74, 6) is -0.207. The summed E-state index contributed by atoms with van der Waals surface area (Å²) in [6.07, 6.45) is -4.58. The highest BCUT2D eigenvalue weighted by Gasteiger charge is 2.31. The van der Waals surface area contributed by atoms with Gasteiger partial charge in [-0.1, -0.05) is 12.1 Å². The Hall–Kier alpha value is -1.23. The van der Waals surface area contributed by atoms with Gasteiger partial charge in [-0.05, 0) is 17.7 Å². The van der Waals surface area contributed by atoms with Crippen LogP contribution < -0.4 is 4.74 Å². The molecule has 5 heteroatoms. The van der Waals surface area contributed by atoms with Gasteiger partial charge in [-0.15, -0.1) is 13.2 Å². The summed E-state index contributed by atoms with van der Waals surface area (Å²) in [5, 5.41) is 0. The second-order valence-electron chi connectivity index (χ2n) is 2.94. The normalized spacial score (nSPS) is 20.6. The summed E-state index contributed by atoms with van der Waals surface area (Å²) >= 11 is 0. The van der Waals surface area contributed by atoms with E-state index in [4.69, 9.17) is 4.74 Å². The third-order valence-corrected chi connectivity index (χ3v) is 1.82. The predicted molar refractivity (Wildman–Crippen MR) is 41.8 cm³/mol. The molecule has 0 unspecified atom stereocenters. The maximum Gasteiger partial charge on any atom is 0.573 e. The predicted octanol–water partition coefficient (Wildman–Crippen LogP) is 2.66. The van der Waals surface area contributed by atoms with Gasteiger partial charge in [0.1, 0.15) is 11.9 Å². The van der Waals surface area contributed by atoms with Crippen molar-refractivity contribution in [2.45, 2.75) is 12.5 Å². The van der Waals surface area contributed by atoms with Crippen molar-refractivity contribution in [2.75, 3.05) is 6.61 Å². The molecular weight excluding hydrogens is 197 g/mol. The summed E-state index contributed by atoms with van der Waals surface area (Å²) in [7, 11) is 0. The molecule has 0 saturated carbocycles. The lowest BCUT2D eigenvalue weighted by Crippen LogP contribution is -2.16. The molecule has 0 spiro atoms. The number of epoxide rings is 1. The van der Waals surface area contributed by atoms with Crippen molar-refractivity contribution in [1.82, 2.24) is 0 Å². The van der Waals surface area contributed by atoms with Gasteiger partial charge in [0.05, 0.1) is 6.61 Å². The zero-order valence-electron chi connectivity index (χ0n) is 7.04.